The van der Waals surface area contributed by atoms with Crippen molar-refractivity contribution in [1.29, 1.82) is 0 Å². The van der Waals surface area contributed by atoms with Gasteiger partial charge in [-0.1, -0.05) is 11.6 Å². The van der Waals surface area contributed by atoms with Crippen LogP contribution in [0.4, 0.5) is 15.8 Å². The van der Waals surface area contributed by atoms with Gasteiger partial charge in [0.1, 0.15) is 5.82 Å². The van der Waals surface area contributed by atoms with E-state index in [0.29, 0.717) is 33.0 Å². The Kier molecular flexibility index (Phi) is 6.14. The molecule has 6 nitrogen and oxygen atoms in total. The number of anilines is 2. The fourth-order valence-electron chi connectivity index (χ4n) is 2.80. The summed E-state index contributed by atoms with van der Waals surface area (Å²) in [4.78, 5) is 15.5. The van der Waals surface area contributed by atoms with Crippen LogP contribution in [0, 0.1) is 5.82 Å². The summed E-state index contributed by atoms with van der Waals surface area (Å²) < 4.78 is 14.1. The molecule has 0 aliphatic rings. The molecular formula is C20H13ClFLiN4O2. The molecule has 0 fully saturated rings. The maximum Gasteiger partial charge on any atom is 1.00 e. The van der Waals surface area contributed by atoms with E-state index in [1.165, 1.54) is 30.5 Å². The quantitative estimate of drug-likeness (QED) is 0.508. The molecule has 0 unspecified atom stereocenters. The van der Waals surface area contributed by atoms with Gasteiger partial charge in [0.05, 0.1) is 28.7 Å². The molecule has 0 saturated heterocycles. The van der Waals surface area contributed by atoms with Gasteiger partial charge >= 0.3 is 24.8 Å². The second-order valence-electron chi connectivity index (χ2n) is 5.97. The molecule has 0 atom stereocenters. The number of hydrogen-bond donors (Lipinski definition) is 2. The van der Waals surface area contributed by atoms with E-state index in [2.05, 4.69) is 20.5 Å². The van der Waals surface area contributed by atoms with Gasteiger partial charge in [-0.15, -0.1) is 0 Å². The van der Waals surface area contributed by atoms with Crippen LogP contribution in [0.1, 0.15) is 11.8 Å². The molecule has 9 heteroatoms. The predicted molar refractivity (Wildman–Crippen MR) is 106 cm³/mol. The summed E-state index contributed by atoms with van der Waals surface area (Å²) in [5.41, 5.74) is 2.53. The predicted octanol–water partition coefficient (Wildman–Crippen LogP) is 2.04. The standard InChI is InChI=1S/C20H12ClFN4O2.Li.H/c21-12-2-3-16(22)14(8-12)19-9-13(10-24-26-19)25-18-5-6-23-17-4-1-11(20(27)28)7-15(17)18;;/h1-10H,(H,27,28)(H,23,25,26);;/q;+1;-1. The molecule has 0 saturated carbocycles. The first-order valence-electron chi connectivity index (χ1n) is 8.18. The van der Waals surface area contributed by atoms with Gasteiger partial charge in [0.2, 0.25) is 0 Å². The SMILES string of the molecule is O=C(O)c1ccc2nccc(Nc3cnnc(-c4cc(Cl)ccc4F)c3)c2c1.[H-].[Li+]. The van der Waals surface area contributed by atoms with Gasteiger partial charge in [-0.3, -0.25) is 4.98 Å². The Labute approximate surface area is 183 Å². The van der Waals surface area contributed by atoms with Crippen LogP contribution in [0.15, 0.2) is 60.9 Å². The van der Waals surface area contributed by atoms with Crippen molar-refractivity contribution in [2.45, 2.75) is 0 Å². The number of fused-ring (bicyclic) bond motifs is 1. The number of carboxylic acids is 1. The second-order valence-corrected chi connectivity index (χ2v) is 6.41. The molecule has 2 heterocycles. The third kappa shape index (κ3) is 4.38. The minimum Gasteiger partial charge on any atom is -1.00 e. The summed E-state index contributed by atoms with van der Waals surface area (Å²) in [6, 6.07) is 12.2. The van der Waals surface area contributed by atoms with Crippen LogP contribution in [0.25, 0.3) is 22.2 Å². The zero-order chi connectivity index (χ0) is 19.7. The Bertz CT molecular complexity index is 1230. The van der Waals surface area contributed by atoms with Gasteiger partial charge in [0.15, 0.2) is 0 Å². The Hall–Kier alpha value is -2.98. The molecule has 2 N–H and O–H groups in total. The fourth-order valence-corrected chi connectivity index (χ4v) is 2.98. The number of halogens is 2. The fraction of sp³-hybridized carbons (Fsp3) is 0. The molecule has 4 rings (SSSR count). The van der Waals surface area contributed by atoms with Crippen molar-refractivity contribution in [3.63, 3.8) is 0 Å². The number of nitrogens with zero attached hydrogens (tertiary/aromatic N) is 3. The molecule has 0 aliphatic carbocycles. The average molecular weight is 403 g/mol. The molecular weight excluding hydrogens is 390 g/mol. The summed E-state index contributed by atoms with van der Waals surface area (Å²) in [6.07, 6.45) is 3.09. The Morgan fingerprint density at radius 3 is 2.76 bits per heavy atom. The summed E-state index contributed by atoms with van der Waals surface area (Å²) in [5.74, 6) is -1.49. The van der Waals surface area contributed by atoms with Crippen molar-refractivity contribution in [3.8, 4) is 11.3 Å². The van der Waals surface area contributed by atoms with Crippen LogP contribution in [0.3, 0.4) is 0 Å². The third-order valence-corrected chi connectivity index (χ3v) is 4.36. The Morgan fingerprint density at radius 2 is 1.97 bits per heavy atom. The van der Waals surface area contributed by atoms with Gasteiger partial charge in [-0.05, 0) is 48.5 Å². The number of aromatic nitrogens is 3. The van der Waals surface area contributed by atoms with Crippen LogP contribution >= 0.6 is 11.6 Å². The van der Waals surface area contributed by atoms with Gasteiger partial charge in [-0.25, -0.2) is 9.18 Å². The van der Waals surface area contributed by atoms with Gasteiger partial charge in [-0.2, -0.15) is 10.2 Å². The van der Waals surface area contributed by atoms with Crippen LogP contribution in [0.2, 0.25) is 5.02 Å². The van der Waals surface area contributed by atoms with E-state index < -0.39 is 11.8 Å². The molecule has 0 radical (unpaired) electrons. The first-order valence-corrected chi connectivity index (χ1v) is 8.56. The molecule has 2 aromatic carbocycles. The summed E-state index contributed by atoms with van der Waals surface area (Å²) in [6.45, 7) is 0. The maximum absolute atomic E-state index is 14.1. The van der Waals surface area contributed by atoms with E-state index in [4.69, 9.17) is 11.6 Å². The van der Waals surface area contributed by atoms with Gasteiger partial charge in [0, 0.05) is 27.9 Å². The van der Waals surface area contributed by atoms with Crippen molar-refractivity contribution in [2.75, 3.05) is 5.32 Å². The van der Waals surface area contributed by atoms with Crippen molar-refractivity contribution >= 4 is 39.8 Å². The first-order chi connectivity index (χ1) is 13.5. The number of aromatic carboxylic acids is 1. The monoisotopic (exact) mass is 402 g/mol. The van der Waals surface area contributed by atoms with E-state index in [-0.39, 0.29) is 31.4 Å². The molecule has 0 amide bonds. The normalized spacial score (nSPS) is 10.4. The minimum absolute atomic E-state index is 0. The minimum atomic E-state index is -1.03. The third-order valence-electron chi connectivity index (χ3n) is 4.13. The van der Waals surface area contributed by atoms with Crippen LogP contribution in [0.5, 0.6) is 0 Å². The number of rotatable bonds is 4. The number of carboxylic acid groups (broad SMARTS) is 1. The molecule has 0 spiro atoms. The number of pyridine rings is 1. The average Bonchev–Trinajstić information content (AvgIpc) is 2.70. The van der Waals surface area contributed by atoms with E-state index in [9.17, 15) is 14.3 Å². The van der Waals surface area contributed by atoms with Crippen LogP contribution < -0.4 is 24.2 Å². The van der Waals surface area contributed by atoms with Crippen molar-refractivity contribution in [1.82, 2.24) is 15.2 Å². The first kappa shape index (κ1) is 20.7. The van der Waals surface area contributed by atoms with Gasteiger partial charge in [0.25, 0.3) is 0 Å². The van der Waals surface area contributed by atoms with Crippen molar-refractivity contribution in [2.24, 2.45) is 0 Å². The molecule has 4 aromatic rings. The van der Waals surface area contributed by atoms with Crippen LogP contribution in [-0.4, -0.2) is 26.3 Å². The van der Waals surface area contributed by atoms with Crippen molar-refractivity contribution in [3.05, 3.63) is 77.3 Å². The summed E-state index contributed by atoms with van der Waals surface area (Å²) in [5, 5.41) is 21.3. The van der Waals surface area contributed by atoms with E-state index in [0.717, 1.165) is 0 Å². The molecule has 2 aromatic heterocycles. The largest absolute Gasteiger partial charge is 1.00 e. The van der Waals surface area contributed by atoms with Crippen molar-refractivity contribution < 1.29 is 34.6 Å². The topological polar surface area (TPSA) is 88.0 Å². The van der Waals surface area contributed by atoms with E-state index in [1.807, 2.05) is 0 Å². The number of benzene rings is 2. The molecule has 29 heavy (non-hydrogen) atoms. The molecule has 0 bridgehead atoms. The maximum atomic E-state index is 14.1. The smallest absolute Gasteiger partial charge is 1.00 e. The number of hydrogen-bond acceptors (Lipinski definition) is 5. The Balaban J connectivity index is 0.00000160. The second kappa shape index (κ2) is 8.58. The number of carbonyl (C=O) groups is 1. The molecule has 0 aliphatic heterocycles. The molecule has 140 valence electrons. The number of nitrogens with one attached hydrogen (secondary N) is 1. The summed E-state index contributed by atoms with van der Waals surface area (Å²) >= 11 is 5.96. The van der Waals surface area contributed by atoms with E-state index >= 15 is 0 Å². The Morgan fingerprint density at radius 1 is 1.14 bits per heavy atom. The van der Waals surface area contributed by atoms with Crippen LogP contribution in [-0.2, 0) is 0 Å². The summed E-state index contributed by atoms with van der Waals surface area (Å²) in [7, 11) is 0. The zero-order valence-electron chi connectivity index (χ0n) is 16.2. The van der Waals surface area contributed by atoms with Gasteiger partial charge < -0.3 is 11.8 Å². The van der Waals surface area contributed by atoms with E-state index in [1.54, 1.807) is 30.5 Å². The zero-order valence-corrected chi connectivity index (χ0v) is 16.0.